The molecule has 0 radical (unpaired) electrons. The second-order valence-corrected chi connectivity index (χ2v) is 5.74. The molecule has 0 aliphatic carbocycles. The van der Waals surface area contributed by atoms with Crippen LogP contribution in [0, 0.1) is 6.92 Å². The summed E-state index contributed by atoms with van der Waals surface area (Å²) in [5.74, 6) is 0. The van der Waals surface area contributed by atoms with Gasteiger partial charge >= 0.3 is 0 Å². The van der Waals surface area contributed by atoms with Gasteiger partial charge in [-0.15, -0.1) is 0 Å². The van der Waals surface area contributed by atoms with Crippen molar-refractivity contribution >= 4 is 11.0 Å². The molecular weight excluding hydrogens is 292 g/mol. The molecule has 0 aliphatic rings. The zero-order chi connectivity index (χ0) is 16.4. The van der Waals surface area contributed by atoms with Crippen molar-refractivity contribution in [1.82, 2.24) is 19.3 Å². The van der Waals surface area contributed by atoms with Crippen molar-refractivity contribution in [2.75, 3.05) is 6.61 Å². The first kappa shape index (κ1) is 15.4. The quantitative estimate of drug-likeness (QED) is 0.725. The first-order chi connectivity index (χ1) is 11.1. The Morgan fingerprint density at radius 2 is 2.04 bits per heavy atom. The number of benzene rings is 1. The first-order valence-corrected chi connectivity index (χ1v) is 7.68. The van der Waals surface area contributed by atoms with E-state index in [4.69, 9.17) is 4.74 Å². The molecule has 0 bridgehead atoms. The molecule has 0 aliphatic heterocycles. The largest absolute Gasteiger partial charge is 0.377 e. The maximum atomic E-state index is 12.5. The maximum absolute atomic E-state index is 12.5. The zero-order valence-corrected chi connectivity index (χ0v) is 13.6. The molecule has 0 unspecified atom stereocenters. The summed E-state index contributed by atoms with van der Waals surface area (Å²) in [4.78, 5) is 17.0. The van der Waals surface area contributed by atoms with E-state index in [9.17, 15) is 4.79 Å². The van der Waals surface area contributed by atoms with Gasteiger partial charge < -0.3 is 4.74 Å². The Balaban J connectivity index is 1.98. The van der Waals surface area contributed by atoms with Gasteiger partial charge in [-0.2, -0.15) is 5.10 Å². The van der Waals surface area contributed by atoms with Crippen molar-refractivity contribution in [2.45, 2.75) is 33.4 Å². The molecule has 0 saturated carbocycles. The molecule has 6 nitrogen and oxygen atoms in total. The number of hydrogen-bond donors (Lipinski definition) is 0. The summed E-state index contributed by atoms with van der Waals surface area (Å²) in [5, 5.41) is 4.86. The molecule has 23 heavy (non-hydrogen) atoms. The van der Waals surface area contributed by atoms with E-state index in [2.05, 4.69) is 10.1 Å². The standard InChI is InChI=1S/C17H20N4O2/c1-12(2)23-9-8-20-11-18-16-14(17(20)22)10-19-21(16)15-7-5-4-6-13(15)3/h4-7,10-12H,8-9H2,1-3H3. The zero-order valence-electron chi connectivity index (χ0n) is 13.6. The van der Waals surface area contributed by atoms with Crippen LogP contribution < -0.4 is 5.56 Å². The number of aromatic nitrogens is 4. The van der Waals surface area contributed by atoms with Gasteiger partial charge in [0.25, 0.3) is 5.56 Å². The van der Waals surface area contributed by atoms with Crippen LogP contribution in [0.1, 0.15) is 19.4 Å². The van der Waals surface area contributed by atoms with Gasteiger partial charge in [-0.05, 0) is 32.4 Å². The van der Waals surface area contributed by atoms with Crippen LogP contribution in [0.2, 0.25) is 0 Å². The topological polar surface area (TPSA) is 61.9 Å². The Morgan fingerprint density at radius 1 is 1.26 bits per heavy atom. The molecule has 0 N–H and O–H groups in total. The van der Waals surface area contributed by atoms with Crippen LogP contribution >= 0.6 is 0 Å². The summed E-state index contributed by atoms with van der Waals surface area (Å²) in [6, 6.07) is 7.89. The van der Waals surface area contributed by atoms with Crippen molar-refractivity contribution in [3.8, 4) is 5.69 Å². The summed E-state index contributed by atoms with van der Waals surface area (Å²) in [7, 11) is 0. The molecule has 0 fully saturated rings. The Hall–Kier alpha value is -2.47. The maximum Gasteiger partial charge on any atom is 0.264 e. The summed E-state index contributed by atoms with van der Waals surface area (Å²) in [5.41, 5.74) is 2.48. The first-order valence-electron chi connectivity index (χ1n) is 7.68. The molecule has 3 rings (SSSR count). The lowest BCUT2D eigenvalue weighted by atomic mass is 10.2. The monoisotopic (exact) mass is 312 g/mol. The summed E-state index contributed by atoms with van der Waals surface area (Å²) in [6.45, 7) is 6.91. The minimum Gasteiger partial charge on any atom is -0.377 e. The van der Waals surface area contributed by atoms with E-state index in [0.717, 1.165) is 11.3 Å². The van der Waals surface area contributed by atoms with Crippen molar-refractivity contribution in [2.24, 2.45) is 0 Å². The average Bonchev–Trinajstić information content (AvgIpc) is 2.94. The highest BCUT2D eigenvalue weighted by atomic mass is 16.5. The number of nitrogens with zero attached hydrogens (tertiary/aromatic N) is 4. The van der Waals surface area contributed by atoms with Crippen molar-refractivity contribution < 1.29 is 4.74 Å². The van der Waals surface area contributed by atoms with Crippen LogP contribution in [0.5, 0.6) is 0 Å². The molecule has 0 saturated heterocycles. The number of hydrogen-bond acceptors (Lipinski definition) is 4. The highest BCUT2D eigenvalue weighted by molar-refractivity contribution is 5.75. The van der Waals surface area contributed by atoms with Gasteiger partial charge in [-0.25, -0.2) is 9.67 Å². The average molecular weight is 312 g/mol. The molecule has 6 heteroatoms. The van der Waals surface area contributed by atoms with Crippen molar-refractivity contribution in [1.29, 1.82) is 0 Å². The molecule has 0 spiro atoms. The van der Waals surface area contributed by atoms with Crippen LogP contribution in [0.4, 0.5) is 0 Å². The van der Waals surface area contributed by atoms with E-state index >= 15 is 0 Å². The highest BCUT2D eigenvalue weighted by Crippen LogP contribution is 2.16. The van der Waals surface area contributed by atoms with E-state index in [1.54, 1.807) is 21.8 Å². The summed E-state index contributed by atoms with van der Waals surface area (Å²) in [6.07, 6.45) is 3.29. The van der Waals surface area contributed by atoms with E-state index in [1.807, 2.05) is 45.0 Å². The van der Waals surface area contributed by atoms with Crippen LogP contribution in [0.25, 0.3) is 16.7 Å². The molecule has 2 heterocycles. The van der Waals surface area contributed by atoms with Gasteiger partial charge in [-0.1, -0.05) is 18.2 Å². The van der Waals surface area contributed by atoms with Gasteiger partial charge in [0, 0.05) is 0 Å². The third-order valence-electron chi connectivity index (χ3n) is 3.68. The lowest BCUT2D eigenvalue weighted by Crippen LogP contribution is -2.23. The number of rotatable bonds is 5. The van der Waals surface area contributed by atoms with Gasteiger partial charge in [0.2, 0.25) is 0 Å². The molecule has 2 aromatic heterocycles. The number of ether oxygens (including phenoxy) is 1. The van der Waals surface area contributed by atoms with Crippen LogP contribution in [0.3, 0.4) is 0 Å². The molecule has 1 aromatic carbocycles. The normalized spacial score (nSPS) is 11.5. The minimum atomic E-state index is -0.0952. The predicted octanol–water partition coefficient (Wildman–Crippen LogP) is 2.32. The highest BCUT2D eigenvalue weighted by Gasteiger charge is 2.12. The minimum absolute atomic E-state index is 0.0952. The van der Waals surface area contributed by atoms with E-state index < -0.39 is 0 Å². The molecule has 0 amide bonds. The number of aryl methyl sites for hydroxylation is 1. The Morgan fingerprint density at radius 3 is 2.78 bits per heavy atom. The van der Waals surface area contributed by atoms with E-state index in [-0.39, 0.29) is 11.7 Å². The Labute approximate surface area is 134 Å². The molecule has 3 aromatic rings. The van der Waals surface area contributed by atoms with E-state index in [0.29, 0.717) is 24.2 Å². The Bertz CT molecular complexity index is 880. The second-order valence-electron chi connectivity index (χ2n) is 5.74. The van der Waals surface area contributed by atoms with Gasteiger partial charge in [0.1, 0.15) is 11.7 Å². The number of para-hydroxylation sites is 1. The van der Waals surface area contributed by atoms with Crippen LogP contribution in [-0.4, -0.2) is 32.0 Å². The summed E-state index contributed by atoms with van der Waals surface area (Å²) < 4.78 is 8.77. The third kappa shape index (κ3) is 3.03. The second kappa shape index (κ2) is 6.34. The molecule has 0 atom stereocenters. The summed E-state index contributed by atoms with van der Waals surface area (Å²) >= 11 is 0. The molecular formula is C17H20N4O2. The lowest BCUT2D eigenvalue weighted by molar-refractivity contribution is 0.0722. The van der Waals surface area contributed by atoms with Crippen molar-refractivity contribution in [3.05, 3.63) is 52.7 Å². The predicted molar refractivity (Wildman–Crippen MR) is 89.0 cm³/mol. The lowest BCUT2D eigenvalue weighted by Gasteiger charge is -2.09. The van der Waals surface area contributed by atoms with Crippen molar-refractivity contribution in [3.63, 3.8) is 0 Å². The van der Waals surface area contributed by atoms with Crippen LogP contribution in [-0.2, 0) is 11.3 Å². The van der Waals surface area contributed by atoms with Crippen LogP contribution in [0.15, 0.2) is 41.6 Å². The fraction of sp³-hybridized carbons (Fsp3) is 0.353. The van der Waals surface area contributed by atoms with Gasteiger partial charge in [0.15, 0.2) is 5.65 Å². The number of fused-ring (bicyclic) bond motifs is 1. The molecule has 120 valence electrons. The van der Waals surface area contributed by atoms with E-state index in [1.165, 1.54) is 0 Å². The fourth-order valence-corrected chi connectivity index (χ4v) is 2.47. The SMILES string of the molecule is Cc1ccccc1-n1ncc2c(=O)n(CCOC(C)C)cnc21. The fourth-order valence-electron chi connectivity index (χ4n) is 2.47. The smallest absolute Gasteiger partial charge is 0.264 e. The van der Waals surface area contributed by atoms with Gasteiger partial charge in [0.05, 0.1) is 31.1 Å². The third-order valence-corrected chi connectivity index (χ3v) is 3.68. The Kier molecular flexibility index (Phi) is 4.25. The van der Waals surface area contributed by atoms with Gasteiger partial charge in [-0.3, -0.25) is 9.36 Å².